The Morgan fingerprint density at radius 1 is 1.07 bits per heavy atom. The Hall–Kier alpha value is -0.0800. The van der Waals surface area contributed by atoms with E-state index in [1.165, 1.54) is 32.1 Å². The van der Waals surface area contributed by atoms with E-state index in [1.807, 2.05) is 7.05 Å². The number of hydrogen-bond donors (Lipinski definition) is 1. The minimum absolute atomic E-state index is 0.798. The van der Waals surface area contributed by atoms with Crippen LogP contribution in [0.2, 0.25) is 0 Å². The van der Waals surface area contributed by atoms with Gasteiger partial charge < -0.3 is 10.1 Å². The van der Waals surface area contributed by atoms with Crippen LogP contribution in [0, 0.1) is 5.92 Å². The van der Waals surface area contributed by atoms with Crippen LogP contribution in [-0.4, -0.2) is 26.8 Å². The van der Waals surface area contributed by atoms with Crippen molar-refractivity contribution in [3.8, 4) is 0 Å². The van der Waals surface area contributed by atoms with Gasteiger partial charge in [0.15, 0.2) is 0 Å². The molecule has 2 heteroatoms. The fourth-order valence-corrected chi connectivity index (χ4v) is 1.64. The highest BCUT2D eigenvalue weighted by molar-refractivity contribution is 4.60. The van der Waals surface area contributed by atoms with Gasteiger partial charge in [0, 0.05) is 13.2 Å². The highest BCUT2D eigenvalue weighted by Gasteiger charge is 2.05. The maximum atomic E-state index is 5.57. The van der Waals surface area contributed by atoms with Gasteiger partial charge in [-0.1, -0.05) is 26.7 Å². The van der Waals surface area contributed by atoms with E-state index in [2.05, 4.69) is 19.2 Å². The van der Waals surface area contributed by atoms with Gasteiger partial charge in [-0.15, -0.1) is 0 Å². The van der Waals surface area contributed by atoms with E-state index in [1.54, 1.807) is 0 Å². The maximum absolute atomic E-state index is 5.57. The summed E-state index contributed by atoms with van der Waals surface area (Å²) in [5.74, 6) is 0.798. The van der Waals surface area contributed by atoms with Crippen molar-refractivity contribution in [2.24, 2.45) is 5.92 Å². The molecule has 0 aliphatic heterocycles. The minimum Gasteiger partial charge on any atom is -0.381 e. The molecule has 0 aromatic heterocycles. The van der Waals surface area contributed by atoms with Gasteiger partial charge in [0.05, 0.1) is 0 Å². The molecule has 86 valence electrons. The Morgan fingerprint density at radius 2 is 1.86 bits per heavy atom. The van der Waals surface area contributed by atoms with E-state index >= 15 is 0 Å². The van der Waals surface area contributed by atoms with Crippen molar-refractivity contribution in [3.63, 3.8) is 0 Å². The third-order valence-electron chi connectivity index (χ3n) is 2.50. The first-order chi connectivity index (χ1) is 6.85. The Balaban J connectivity index is 3.30. The summed E-state index contributed by atoms with van der Waals surface area (Å²) < 4.78 is 5.57. The molecule has 1 N–H and O–H groups in total. The lowest BCUT2D eigenvalue weighted by atomic mass is 10.0. The summed E-state index contributed by atoms with van der Waals surface area (Å²) in [6.07, 6.45) is 6.23. The van der Waals surface area contributed by atoms with Crippen molar-refractivity contribution in [2.45, 2.75) is 46.0 Å². The second-order valence-electron chi connectivity index (χ2n) is 3.97. The van der Waals surface area contributed by atoms with Crippen LogP contribution in [0.15, 0.2) is 0 Å². The molecular weight excluding hydrogens is 174 g/mol. The molecule has 2 nitrogen and oxygen atoms in total. The molecule has 1 unspecified atom stereocenters. The smallest absolute Gasteiger partial charge is 0.0469 e. The number of rotatable bonds is 10. The fourth-order valence-electron chi connectivity index (χ4n) is 1.64. The first kappa shape index (κ1) is 13.9. The molecule has 0 bridgehead atoms. The Bertz CT molecular complexity index is 100. The molecule has 0 fully saturated rings. The average molecular weight is 201 g/mol. The standard InChI is InChI=1S/C12H27NO/c1-4-6-9-14-10-8-12(7-5-2)11-13-3/h12-13H,4-11H2,1-3H3. The van der Waals surface area contributed by atoms with Crippen LogP contribution in [0.3, 0.4) is 0 Å². The van der Waals surface area contributed by atoms with Crippen molar-refractivity contribution < 1.29 is 4.74 Å². The molecular formula is C12H27NO. The van der Waals surface area contributed by atoms with Gasteiger partial charge in [0.25, 0.3) is 0 Å². The van der Waals surface area contributed by atoms with Crippen LogP contribution in [0.4, 0.5) is 0 Å². The molecule has 0 saturated carbocycles. The predicted octanol–water partition coefficient (Wildman–Crippen LogP) is 2.83. The molecule has 0 heterocycles. The van der Waals surface area contributed by atoms with Gasteiger partial charge in [-0.25, -0.2) is 0 Å². The highest BCUT2D eigenvalue weighted by atomic mass is 16.5. The number of unbranched alkanes of at least 4 members (excludes halogenated alkanes) is 1. The highest BCUT2D eigenvalue weighted by Crippen LogP contribution is 2.10. The van der Waals surface area contributed by atoms with Gasteiger partial charge in [-0.05, 0) is 38.8 Å². The van der Waals surface area contributed by atoms with Crippen molar-refractivity contribution >= 4 is 0 Å². The summed E-state index contributed by atoms with van der Waals surface area (Å²) in [6.45, 7) is 7.46. The fraction of sp³-hybridized carbons (Fsp3) is 1.00. The zero-order valence-corrected chi connectivity index (χ0v) is 10.1. The summed E-state index contributed by atoms with van der Waals surface area (Å²) in [5, 5.41) is 3.25. The molecule has 0 saturated heterocycles. The largest absolute Gasteiger partial charge is 0.381 e. The quantitative estimate of drug-likeness (QED) is 0.549. The Kier molecular flexibility index (Phi) is 10.9. The third kappa shape index (κ3) is 8.52. The van der Waals surface area contributed by atoms with E-state index in [9.17, 15) is 0 Å². The van der Waals surface area contributed by atoms with Gasteiger partial charge >= 0.3 is 0 Å². The molecule has 0 aliphatic rings. The van der Waals surface area contributed by atoms with Crippen LogP contribution >= 0.6 is 0 Å². The van der Waals surface area contributed by atoms with Gasteiger partial charge in [0.1, 0.15) is 0 Å². The summed E-state index contributed by atoms with van der Waals surface area (Å²) in [5.41, 5.74) is 0. The Morgan fingerprint density at radius 3 is 2.43 bits per heavy atom. The number of nitrogens with one attached hydrogen (secondary N) is 1. The van der Waals surface area contributed by atoms with Crippen LogP contribution in [0.1, 0.15) is 46.0 Å². The van der Waals surface area contributed by atoms with Crippen LogP contribution in [-0.2, 0) is 4.74 Å². The summed E-state index contributed by atoms with van der Waals surface area (Å²) in [4.78, 5) is 0. The first-order valence-electron chi connectivity index (χ1n) is 6.07. The molecule has 0 aromatic carbocycles. The minimum atomic E-state index is 0.798. The molecule has 1 atom stereocenters. The molecule has 0 rings (SSSR count). The zero-order chi connectivity index (χ0) is 10.6. The molecule has 0 aliphatic carbocycles. The van der Waals surface area contributed by atoms with Crippen LogP contribution < -0.4 is 5.32 Å². The summed E-state index contributed by atoms with van der Waals surface area (Å²) in [6, 6.07) is 0. The average Bonchev–Trinajstić information content (AvgIpc) is 2.18. The third-order valence-corrected chi connectivity index (χ3v) is 2.50. The first-order valence-corrected chi connectivity index (χ1v) is 6.07. The molecule has 0 aromatic rings. The monoisotopic (exact) mass is 201 g/mol. The lowest BCUT2D eigenvalue weighted by Crippen LogP contribution is -2.20. The second-order valence-corrected chi connectivity index (χ2v) is 3.97. The Labute approximate surface area is 89.4 Å². The van der Waals surface area contributed by atoms with Crippen molar-refractivity contribution in [3.05, 3.63) is 0 Å². The lowest BCUT2D eigenvalue weighted by Gasteiger charge is -2.15. The molecule has 0 radical (unpaired) electrons. The maximum Gasteiger partial charge on any atom is 0.0469 e. The van der Waals surface area contributed by atoms with E-state index in [-0.39, 0.29) is 0 Å². The van der Waals surface area contributed by atoms with Crippen molar-refractivity contribution in [2.75, 3.05) is 26.8 Å². The van der Waals surface area contributed by atoms with Gasteiger partial charge in [-0.2, -0.15) is 0 Å². The van der Waals surface area contributed by atoms with Gasteiger partial charge in [-0.3, -0.25) is 0 Å². The SMILES string of the molecule is CCCCOCCC(CCC)CNC. The number of ether oxygens (including phenoxy) is 1. The molecule has 0 spiro atoms. The predicted molar refractivity (Wildman–Crippen MR) is 62.7 cm³/mol. The van der Waals surface area contributed by atoms with Crippen molar-refractivity contribution in [1.82, 2.24) is 5.32 Å². The van der Waals surface area contributed by atoms with Crippen LogP contribution in [0.5, 0.6) is 0 Å². The summed E-state index contributed by atoms with van der Waals surface area (Å²) in [7, 11) is 2.03. The topological polar surface area (TPSA) is 21.3 Å². The molecule has 14 heavy (non-hydrogen) atoms. The van der Waals surface area contributed by atoms with Crippen LogP contribution in [0.25, 0.3) is 0 Å². The normalized spacial score (nSPS) is 13.1. The van der Waals surface area contributed by atoms with E-state index in [0.717, 1.165) is 25.7 Å². The van der Waals surface area contributed by atoms with Gasteiger partial charge in [0.2, 0.25) is 0 Å². The summed E-state index contributed by atoms with van der Waals surface area (Å²) >= 11 is 0. The van der Waals surface area contributed by atoms with Crippen molar-refractivity contribution in [1.29, 1.82) is 0 Å². The molecule has 0 amide bonds. The second kappa shape index (κ2) is 11.0. The van der Waals surface area contributed by atoms with E-state index < -0.39 is 0 Å². The lowest BCUT2D eigenvalue weighted by molar-refractivity contribution is 0.116. The van der Waals surface area contributed by atoms with E-state index in [4.69, 9.17) is 4.74 Å². The zero-order valence-electron chi connectivity index (χ0n) is 10.1. The number of hydrogen-bond acceptors (Lipinski definition) is 2. The van der Waals surface area contributed by atoms with E-state index in [0.29, 0.717) is 0 Å².